The lowest BCUT2D eigenvalue weighted by Gasteiger charge is -2.09. The zero-order valence-electron chi connectivity index (χ0n) is 9.02. The van der Waals surface area contributed by atoms with Crippen LogP contribution < -0.4 is 10.5 Å². The molecule has 4 nitrogen and oxygen atoms in total. The van der Waals surface area contributed by atoms with E-state index in [4.69, 9.17) is 10.5 Å². The average molecular weight is 207 g/mol. The lowest BCUT2D eigenvalue weighted by molar-refractivity contribution is 0.325. The molecule has 2 rings (SSSR count). The summed E-state index contributed by atoms with van der Waals surface area (Å²) in [7, 11) is 0. The summed E-state index contributed by atoms with van der Waals surface area (Å²) in [5.41, 5.74) is 7.01. The summed E-state index contributed by atoms with van der Waals surface area (Å²) >= 11 is 0. The molecule has 0 aromatic carbocycles. The number of ether oxygens (including phenoxy) is 1. The van der Waals surface area contributed by atoms with E-state index in [-0.39, 0.29) is 6.04 Å². The Hall–Kier alpha value is -1.16. The molecule has 1 aromatic heterocycles. The predicted octanol–water partition coefficient (Wildman–Crippen LogP) is 1.16. The van der Waals surface area contributed by atoms with Crippen molar-refractivity contribution in [2.75, 3.05) is 6.61 Å². The second-order valence-corrected chi connectivity index (χ2v) is 3.99. The molecule has 2 N–H and O–H groups in total. The Labute approximate surface area is 89.9 Å². The number of aromatic nitrogens is 2. The predicted molar refractivity (Wildman–Crippen MR) is 57.6 cm³/mol. The third kappa shape index (κ3) is 2.89. The molecule has 15 heavy (non-hydrogen) atoms. The van der Waals surface area contributed by atoms with Crippen LogP contribution in [-0.4, -0.2) is 22.6 Å². The van der Waals surface area contributed by atoms with E-state index in [1.54, 1.807) is 6.33 Å². The van der Waals surface area contributed by atoms with Crippen molar-refractivity contribution in [1.29, 1.82) is 0 Å². The maximum absolute atomic E-state index is 6.03. The fourth-order valence-electron chi connectivity index (χ4n) is 1.65. The lowest BCUT2D eigenvalue weighted by atomic mass is 10.1. The van der Waals surface area contributed by atoms with E-state index in [0.29, 0.717) is 18.4 Å². The van der Waals surface area contributed by atoms with Crippen LogP contribution in [0.1, 0.15) is 25.5 Å². The van der Waals surface area contributed by atoms with Crippen molar-refractivity contribution in [3.63, 3.8) is 0 Å². The fraction of sp³-hybridized carbons (Fsp3) is 0.636. The maximum Gasteiger partial charge on any atom is 0.216 e. The highest BCUT2D eigenvalue weighted by molar-refractivity contribution is 5.14. The second-order valence-electron chi connectivity index (χ2n) is 3.99. The Bertz CT molecular complexity index is 325. The van der Waals surface area contributed by atoms with E-state index in [0.717, 1.165) is 12.1 Å². The van der Waals surface area contributed by atoms with Gasteiger partial charge in [-0.1, -0.05) is 0 Å². The molecule has 1 aromatic rings. The highest BCUT2D eigenvalue weighted by Crippen LogP contribution is 2.32. The zero-order valence-corrected chi connectivity index (χ0v) is 9.02. The monoisotopic (exact) mass is 207 g/mol. The summed E-state index contributed by atoms with van der Waals surface area (Å²) in [5.74, 6) is 1.35. The molecule has 1 aliphatic carbocycles. The Morgan fingerprint density at radius 1 is 1.53 bits per heavy atom. The van der Waals surface area contributed by atoms with E-state index in [2.05, 4.69) is 9.97 Å². The first-order chi connectivity index (χ1) is 7.29. The number of hydrogen-bond acceptors (Lipinski definition) is 4. The van der Waals surface area contributed by atoms with Gasteiger partial charge in [0.05, 0.1) is 6.61 Å². The first-order valence-corrected chi connectivity index (χ1v) is 5.49. The van der Waals surface area contributed by atoms with Crippen LogP contribution in [0.2, 0.25) is 0 Å². The molecule has 1 unspecified atom stereocenters. The number of nitrogens with zero attached hydrogens (tertiary/aromatic N) is 2. The van der Waals surface area contributed by atoms with E-state index in [1.807, 2.05) is 13.0 Å². The van der Waals surface area contributed by atoms with E-state index in [1.165, 1.54) is 12.8 Å². The summed E-state index contributed by atoms with van der Waals surface area (Å²) in [6, 6.07) is 2.13. The maximum atomic E-state index is 6.03. The summed E-state index contributed by atoms with van der Waals surface area (Å²) in [6.07, 6.45) is 4.91. The quantitative estimate of drug-likeness (QED) is 0.787. The summed E-state index contributed by atoms with van der Waals surface area (Å²) in [6.45, 7) is 2.57. The minimum atomic E-state index is 0.245. The number of nitrogens with two attached hydrogens (primary N) is 1. The van der Waals surface area contributed by atoms with Gasteiger partial charge in [-0.05, 0) is 25.7 Å². The Morgan fingerprint density at radius 3 is 3.00 bits per heavy atom. The van der Waals surface area contributed by atoms with Gasteiger partial charge in [0.2, 0.25) is 5.88 Å². The van der Waals surface area contributed by atoms with Gasteiger partial charge in [0, 0.05) is 24.2 Å². The van der Waals surface area contributed by atoms with Gasteiger partial charge in [-0.15, -0.1) is 0 Å². The van der Waals surface area contributed by atoms with E-state index < -0.39 is 0 Å². The largest absolute Gasteiger partial charge is 0.478 e. The molecule has 0 radical (unpaired) electrons. The van der Waals surface area contributed by atoms with Crippen LogP contribution in [0, 0.1) is 5.92 Å². The smallest absolute Gasteiger partial charge is 0.216 e. The second kappa shape index (κ2) is 4.57. The van der Waals surface area contributed by atoms with Crippen molar-refractivity contribution in [3.05, 3.63) is 18.1 Å². The van der Waals surface area contributed by atoms with Crippen molar-refractivity contribution >= 4 is 0 Å². The van der Waals surface area contributed by atoms with Crippen molar-refractivity contribution in [1.82, 2.24) is 9.97 Å². The molecule has 0 amide bonds. The Balaban J connectivity index is 1.97. The molecule has 4 heteroatoms. The van der Waals surface area contributed by atoms with Crippen LogP contribution >= 0.6 is 0 Å². The zero-order chi connectivity index (χ0) is 10.7. The van der Waals surface area contributed by atoms with Gasteiger partial charge in [0.25, 0.3) is 0 Å². The highest BCUT2D eigenvalue weighted by Gasteiger charge is 2.28. The standard InChI is InChI=1S/C11H17N3O/c1-2-15-11-6-9(13-7-14-11)5-10(12)8-3-4-8/h6-8,10H,2-5,12H2,1H3. The third-order valence-electron chi connectivity index (χ3n) is 2.66. The molecule has 0 saturated heterocycles. The van der Waals surface area contributed by atoms with Crippen molar-refractivity contribution in [2.24, 2.45) is 11.7 Å². The van der Waals surface area contributed by atoms with Gasteiger partial charge in [0.15, 0.2) is 0 Å². The highest BCUT2D eigenvalue weighted by atomic mass is 16.5. The molecule has 1 atom stereocenters. The third-order valence-corrected chi connectivity index (χ3v) is 2.66. The Morgan fingerprint density at radius 2 is 2.33 bits per heavy atom. The number of hydrogen-bond donors (Lipinski definition) is 1. The summed E-state index contributed by atoms with van der Waals surface area (Å²) in [4.78, 5) is 8.22. The molecule has 1 heterocycles. The van der Waals surface area contributed by atoms with Crippen LogP contribution in [-0.2, 0) is 6.42 Å². The van der Waals surface area contributed by atoms with Gasteiger partial charge in [-0.3, -0.25) is 0 Å². The molecule has 1 fully saturated rings. The first kappa shape index (κ1) is 10.4. The molecular weight excluding hydrogens is 190 g/mol. The van der Waals surface area contributed by atoms with Crippen LogP contribution in [0.25, 0.3) is 0 Å². The van der Waals surface area contributed by atoms with Gasteiger partial charge in [-0.25, -0.2) is 9.97 Å². The molecule has 0 aliphatic heterocycles. The topological polar surface area (TPSA) is 61.0 Å². The molecule has 1 aliphatic rings. The van der Waals surface area contributed by atoms with Crippen LogP contribution in [0.5, 0.6) is 5.88 Å². The first-order valence-electron chi connectivity index (χ1n) is 5.49. The minimum absolute atomic E-state index is 0.245. The Kier molecular flexibility index (Phi) is 3.16. The normalized spacial score (nSPS) is 17.5. The molecule has 0 spiro atoms. The SMILES string of the molecule is CCOc1cc(CC(N)C2CC2)ncn1. The average Bonchev–Trinajstić information content (AvgIpc) is 3.01. The van der Waals surface area contributed by atoms with Crippen LogP contribution in [0.3, 0.4) is 0 Å². The minimum Gasteiger partial charge on any atom is -0.478 e. The number of rotatable bonds is 5. The van der Waals surface area contributed by atoms with Crippen molar-refractivity contribution in [2.45, 2.75) is 32.2 Å². The molecule has 1 saturated carbocycles. The summed E-state index contributed by atoms with van der Waals surface area (Å²) in [5, 5.41) is 0. The summed E-state index contributed by atoms with van der Waals surface area (Å²) < 4.78 is 5.31. The van der Waals surface area contributed by atoms with E-state index >= 15 is 0 Å². The molecular formula is C11H17N3O. The van der Waals surface area contributed by atoms with Gasteiger partial charge < -0.3 is 10.5 Å². The molecule has 0 bridgehead atoms. The molecule has 82 valence electrons. The van der Waals surface area contributed by atoms with Crippen LogP contribution in [0.4, 0.5) is 0 Å². The van der Waals surface area contributed by atoms with Gasteiger partial charge in [-0.2, -0.15) is 0 Å². The van der Waals surface area contributed by atoms with E-state index in [9.17, 15) is 0 Å². The fourth-order valence-corrected chi connectivity index (χ4v) is 1.65. The van der Waals surface area contributed by atoms with Gasteiger partial charge >= 0.3 is 0 Å². The lowest BCUT2D eigenvalue weighted by Crippen LogP contribution is -2.25. The van der Waals surface area contributed by atoms with Gasteiger partial charge in [0.1, 0.15) is 6.33 Å². The van der Waals surface area contributed by atoms with Crippen molar-refractivity contribution in [3.8, 4) is 5.88 Å². The van der Waals surface area contributed by atoms with Crippen molar-refractivity contribution < 1.29 is 4.74 Å². The van der Waals surface area contributed by atoms with Crippen LogP contribution in [0.15, 0.2) is 12.4 Å².